The van der Waals surface area contributed by atoms with Crippen LogP contribution in [0.15, 0.2) is 18.2 Å². The number of hydrogen-bond acceptors (Lipinski definition) is 3. The molecule has 0 saturated heterocycles. The highest BCUT2D eigenvalue weighted by atomic mass is 16.5. The van der Waals surface area contributed by atoms with Gasteiger partial charge in [0.05, 0.1) is 27.1 Å². The first kappa shape index (κ1) is 11.6. The molecular weight excluding hydrogens is 191 g/mol. The van der Waals surface area contributed by atoms with E-state index in [9.17, 15) is 4.79 Å². The Hall–Kier alpha value is -1.45. The predicted octanol–water partition coefficient (Wildman–Crippen LogP) is 1.54. The minimum atomic E-state index is -0.364. The molecule has 0 spiro atoms. The van der Waals surface area contributed by atoms with E-state index >= 15 is 0 Å². The van der Waals surface area contributed by atoms with Crippen molar-refractivity contribution in [2.45, 2.75) is 13.2 Å². The zero-order chi connectivity index (χ0) is 11.3. The van der Waals surface area contributed by atoms with E-state index in [0.717, 1.165) is 5.56 Å². The van der Waals surface area contributed by atoms with Crippen LogP contribution in [0, 0.1) is 0 Å². The van der Waals surface area contributed by atoms with Crippen LogP contribution in [0.5, 0.6) is 5.75 Å². The summed E-state index contributed by atoms with van der Waals surface area (Å²) in [6.45, 7) is 2.11. The second kappa shape index (κ2) is 5.44. The lowest BCUT2D eigenvalue weighted by atomic mass is 9.93. The molecule has 0 aliphatic heterocycles. The van der Waals surface area contributed by atoms with Crippen molar-refractivity contribution < 1.29 is 14.3 Å². The van der Waals surface area contributed by atoms with E-state index in [1.165, 1.54) is 0 Å². The van der Waals surface area contributed by atoms with Crippen molar-refractivity contribution in [1.29, 1.82) is 0 Å². The first-order chi connectivity index (χ1) is 7.22. The van der Waals surface area contributed by atoms with Gasteiger partial charge in [-0.15, -0.1) is 0 Å². The van der Waals surface area contributed by atoms with E-state index in [-0.39, 0.29) is 5.97 Å². The van der Waals surface area contributed by atoms with Crippen molar-refractivity contribution in [3.05, 3.63) is 29.3 Å². The van der Waals surface area contributed by atoms with Crippen molar-refractivity contribution in [2.75, 3.05) is 13.7 Å². The maximum Gasteiger partial charge on any atom is 0.338 e. The molecule has 0 amide bonds. The number of rotatable bonds is 4. The summed E-state index contributed by atoms with van der Waals surface area (Å²) in [5.74, 6) is 0.257. The molecule has 0 aliphatic carbocycles. The van der Waals surface area contributed by atoms with Crippen LogP contribution in [-0.2, 0) is 11.1 Å². The van der Waals surface area contributed by atoms with Crippen LogP contribution in [-0.4, -0.2) is 27.5 Å². The molecule has 0 unspecified atom stereocenters. The lowest BCUT2D eigenvalue weighted by Gasteiger charge is -2.09. The summed E-state index contributed by atoms with van der Waals surface area (Å²) in [6.07, 6.45) is 0.304. The van der Waals surface area contributed by atoms with Gasteiger partial charge in [0.25, 0.3) is 0 Å². The Balaban J connectivity index is 3.05. The van der Waals surface area contributed by atoms with Gasteiger partial charge >= 0.3 is 5.97 Å². The van der Waals surface area contributed by atoms with Gasteiger partial charge in [0.15, 0.2) is 0 Å². The molecule has 1 rings (SSSR count). The average molecular weight is 204 g/mol. The predicted molar refractivity (Wildman–Crippen MR) is 58.4 cm³/mol. The zero-order valence-electron chi connectivity index (χ0n) is 8.95. The number of carbonyl (C=O) groups excluding carboxylic acids is 1. The Kier molecular flexibility index (Phi) is 4.22. The Morgan fingerprint density at radius 3 is 2.73 bits per heavy atom. The minimum Gasteiger partial charge on any atom is -0.497 e. The molecule has 78 valence electrons. The molecule has 0 atom stereocenters. The molecule has 0 heterocycles. The van der Waals surface area contributed by atoms with Crippen molar-refractivity contribution in [2.24, 2.45) is 0 Å². The third kappa shape index (κ3) is 2.75. The van der Waals surface area contributed by atoms with E-state index < -0.39 is 0 Å². The molecule has 0 N–H and O–H groups in total. The third-order valence-electron chi connectivity index (χ3n) is 2.03. The first-order valence-corrected chi connectivity index (χ1v) is 4.77. The van der Waals surface area contributed by atoms with Gasteiger partial charge in [-0.25, -0.2) is 4.79 Å². The number of hydrogen-bond donors (Lipinski definition) is 0. The van der Waals surface area contributed by atoms with Crippen LogP contribution < -0.4 is 4.74 Å². The molecular formula is C11H13BO3. The molecule has 3 nitrogen and oxygen atoms in total. The summed E-state index contributed by atoms with van der Waals surface area (Å²) in [4.78, 5) is 11.6. The van der Waals surface area contributed by atoms with Crippen LogP contribution in [0.4, 0.5) is 0 Å². The molecule has 0 bridgehead atoms. The van der Waals surface area contributed by atoms with E-state index in [2.05, 4.69) is 0 Å². The zero-order valence-corrected chi connectivity index (χ0v) is 8.95. The summed E-state index contributed by atoms with van der Waals surface area (Å²) in [5.41, 5.74) is 1.23. The van der Waals surface area contributed by atoms with Crippen LogP contribution >= 0.6 is 0 Å². The highest BCUT2D eigenvalue weighted by Gasteiger charge is 2.12. The second-order valence-electron chi connectivity index (χ2n) is 2.95. The number of ether oxygens (including phenoxy) is 2. The monoisotopic (exact) mass is 204 g/mol. The molecule has 2 radical (unpaired) electrons. The highest BCUT2D eigenvalue weighted by Crippen LogP contribution is 2.18. The van der Waals surface area contributed by atoms with Gasteiger partial charge in [-0.05, 0) is 24.6 Å². The number of esters is 1. The van der Waals surface area contributed by atoms with E-state index in [4.69, 9.17) is 17.3 Å². The Labute approximate surface area is 90.8 Å². The molecule has 4 heteroatoms. The van der Waals surface area contributed by atoms with Gasteiger partial charge in [-0.2, -0.15) is 0 Å². The van der Waals surface area contributed by atoms with Gasteiger partial charge < -0.3 is 9.47 Å². The van der Waals surface area contributed by atoms with E-state index in [0.29, 0.717) is 24.2 Å². The maximum absolute atomic E-state index is 11.6. The SMILES string of the molecule is [B]Cc1ccc(OC)cc1C(=O)OCC. The second-order valence-corrected chi connectivity index (χ2v) is 2.95. The Morgan fingerprint density at radius 2 is 2.20 bits per heavy atom. The fourth-order valence-electron chi connectivity index (χ4n) is 1.26. The number of carbonyl (C=O) groups is 1. The molecule has 0 fully saturated rings. The van der Waals surface area contributed by atoms with Crippen LogP contribution in [0.25, 0.3) is 0 Å². The van der Waals surface area contributed by atoms with Gasteiger partial charge in [-0.1, -0.05) is 12.4 Å². The molecule has 1 aromatic carbocycles. The first-order valence-electron chi connectivity index (χ1n) is 4.77. The quantitative estimate of drug-likeness (QED) is 0.551. The normalized spacial score (nSPS) is 9.73. The van der Waals surface area contributed by atoms with Gasteiger partial charge in [-0.3, -0.25) is 0 Å². The van der Waals surface area contributed by atoms with E-state index in [1.807, 2.05) is 0 Å². The largest absolute Gasteiger partial charge is 0.497 e. The lowest BCUT2D eigenvalue weighted by Crippen LogP contribution is -2.08. The van der Waals surface area contributed by atoms with Crippen molar-refractivity contribution >= 4 is 13.8 Å². The van der Waals surface area contributed by atoms with Crippen LogP contribution in [0.2, 0.25) is 0 Å². The molecule has 0 aromatic heterocycles. The summed E-state index contributed by atoms with van der Waals surface area (Å²) >= 11 is 0. The standard InChI is InChI=1S/C11H13BO3/c1-3-15-11(13)10-6-9(14-2)5-4-8(10)7-12/h4-6H,3,7H2,1-2H3. The van der Waals surface area contributed by atoms with Crippen molar-refractivity contribution in [1.82, 2.24) is 0 Å². The molecule has 15 heavy (non-hydrogen) atoms. The van der Waals surface area contributed by atoms with Gasteiger partial charge in [0, 0.05) is 0 Å². The Bertz CT molecular complexity index is 350. The summed E-state index contributed by atoms with van der Waals surface area (Å²) in [5, 5.41) is 0. The fraction of sp³-hybridized carbons (Fsp3) is 0.364. The van der Waals surface area contributed by atoms with Crippen molar-refractivity contribution in [3.8, 4) is 5.75 Å². The van der Waals surface area contributed by atoms with Crippen molar-refractivity contribution in [3.63, 3.8) is 0 Å². The summed E-state index contributed by atoms with van der Waals surface area (Å²) in [7, 11) is 7.08. The summed E-state index contributed by atoms with van der Waals surface area (Å²) < 4.78 is 9.95. The van der Waals surface area contributed by atoms with Gasteiger partial charge in [0.1, 0.15) is 5.75 Å². The average Bonchev–Trinajstić information content (AvgIpc) is 2.28. The maximum atomic E-state index is 11.6. The Morgan fingerprint density at radius 1 is 1.47 bits per heavy atom. The smallest absolute Gasteiger partial charge is 0.338 e. The molecule has 1 aromatic rings. The highest BCUT2D eigenvalue weighted by molar-refractivity contribution is 6.09. The van der Waals surface area contributed by atoms with Crippen LogP contribution in [0.1, 0.15) is 22.8 Å². The lowest BCUT2D eigenvalue weighted by molar-refractivity contribution is 0.0525. The number of benzene rings is 1. The minimum absolute atomic E-state index is 0.304. The van der Waals surface area contributed by atoms with Crippen LogP contribution in [0.3, 0.4) is 0 Å². The van der Waals surface area contributed by atoms with Gasteiger partial charge in [0.2, 0.25) is 0 Å². The topological polar surface area (TPSA) is 35.5 Å². The number of methoxy groups -OCH3 is 1. The molecule has 0 saturated carbocycles. The van der Waals surface area contributed by atoms with E-state index in [1.54, 1.807) is 32.2 Å². The molecule has 0 aliphatic rings. The third-order valence-corrected chi connectivity index (χ3v) is 2.03. The fourth-order valence-corrected chi connectivity index (χ4v) is 1.26. The summed E-state index contributed by atoms with van der Waals surface area (Å²) in [6, 6.07) is 5.18.